The lowest BCUT2D eigenvalue weighted by molar-refractivity contribution is 0.136. The van der Waals surface area contributed by atoms with Gasteiger partial charge in [-0.1, -0.05) is 13.8 Å². The number of nitrogens with zero attached hydrogens (tertiary/aromatic N) is 1. The summed E-state index contributed by atoms with van der Waals surface area (Å²) in [5.74, 6) is 1.47. The summed E-state index contributed by atoms with van der Waals surface area (Å²) in [5, 5.41) is 9.95. The summed E-state index contributed by atoms with van der Waals surface area (Å²) in [4.78, 5) is 2.32. The van der Waals surface area contributed by atoms with E-state index in [4.69, 9.17) is 14.2 Å². The van der Waals surface area contributed by atoms with Crippen molar-refractivity contribution in [2.75, 3.05) is 41.0 Å². The summed E-state index contributed by atoms with van der Waals surface area (Å²) in [6, 6.07) is 3.69. The van der Waals surface area contributed by atoms with Crippen LogP contribution in [-0.2, 0) is 11.3 Å². The molecule has 21 heavy (non-hydrogen) atoms. The monoisotopic (exact) mass is 297 g/mol. The molecule has 120 valence electrons. The quantitative estimate of drug-likeness (QED) is 0.759. The highest BCUT2D eigenvalue weighted by Gasteiger charge is 2.14. The van der Waals surface area contributed by atoms with E-state index in [0.29, 0.717) is 24.0 Å². The average Bonchev–Trinajstić information content (AvgIpc) is 2.45. The number of ether oxygens (including phenoxy) is 3. The third-order valence-corrected chi connectivity index (χ3v) is 3.18. The van der Waals surface area contributed by atoms with Crippen molar-refractivity contribution in [1.82, 2.24) is 4.90 Å². The highest BCUT2D eigenvalue weighted by atomic mass is 16.5. The summed E-state index contributed by atoms with van der Waals surface area (Å²) in [6.45, 7) is 7.68. The minimum atomic E-state index is 0.0380. The number of benzene rings is 1. The van der Waals surface area contributed by atoms with Gasteiger partial charge in [-0.3, -0.25) is 4.90 Å². The van der Waals surface area contributed by atoms with Crippen molar-refractivity contribution in [1.29, 1.82) is 0 Å². The van der Waals surface area contributed by atoms with Crippen LogP contribution in [0.3, 0.4) is 0 Å². The molecule has 0 saturated carbocycles. The van der Waals surface area contributed by atoms with Crippen LogP contribution >= 0.6 is 0 Å². The molecule has 0 unspecified atom stereocenters. The van der Waals surface area contributed by atoms with Gasteiger partial charge in [0.05, 0.1) is 20.8 Å². The molecule has 1 N–H and O–H groups in total. The Morgan fingerprint density at radius 3 is 2.10 bits per heavy atom. The normalized spacial score (nSPS) is 11.2. The Labute approximate surface area is 127 Å². The molecule has 1 aromatic rings. The molecule has 0 aliphatic carbocycles. The van der Waals surface area contributed by atoms with Crippen molar-refractivity contribution < 1.29 is 19.3 Å². The smallest absolute Gasteiger partial charge is 0.200 e. The van der Waals surface area contributed by atoms with Crippen LogP contribution in [0.15, 0.2) is 12.1 Å². The number of hydrogen-bond acceptors (Lipinski definition) is 5. The van der Waals surface area contributed by atoms with Crippen LogP contribution in [0, 0.1) is 5.92 Å². The fourth-order valence-corrected chi connectivity index (χ4v) is 2.27. The van der Waals surface area contributed by atoms with E-state index in [2.05, 4.69) is 18.7 Å². The number of rotatable bonds is 9. The van der Waals surface area contributed by atoms with Crippen molar-refractivity contribution in [2.24, 2.45) is 5.92 Å². The Kier molecular flexibility index (Phi) is 7.32. The van der Waals surface area contributed by atoms with E-state index in [1.54, 1.807) is 7.11 Å². The molecule has 0 bridgehead atoms. The number of aromatic hydroxyl groups is 1. The molecule has 0 saturated heterocycles. The molecule has 5 nitrogen and oxygen atoms in total. The van der Waals surface area contributed by atoms with Gasteiger partial charge in [-0.25, -0.2) is 0 Å². The Morgan fingerprint density at radius 2 is 1.67 bits per heavy atom. The zero-order valence-electron chi connectivity index (χ0n) is 13.7. The molecule has 0 aliphatic heterocycles. The molecule has 0 fully saturated rings. The van der Waals surface area contributed by atoms with Gasteiger partial charge in [0.2, 0.25) is 5.75 Å². The number of phenols is 1. The molecule has 1 aromatic carbocycles. The van der Waals surface area contributed by atoms with E-state index < -0.39 is 0 Å². The van der Waals surface area contributed by atoms with Crippen LogP contribution in [0.5, 0.6) is 17.2 Å². The SMILES string of the molecule is COCCN(Cc1cc(OC)c(O)c(OC)c1)CC(C)C. The van der Waals surface area contributed by atoms with Gasteiger partial charge in [-0.05, 0) is 23.6 Å². The fraction of sp³-hybridized carbons (Fsp3) is 0.625. The summed E-state index contributed by atoms with van der Waals surface area (Å²) >= 11 is 0. The largest absolute Gasteiger partial charge is 0.502 e. The molecule has 0 amide bonds. The van der Waals surface area contributed by atoms with E-state index in [1.807, 2.05) is 12.1 Å². The van der Waals surface area contributed by atoms with Crippen LogP contribution in [0.2, 0.25) is 0 Å². The fourth-order valence-electron chi connectivity index (χ4n) is 2.27. The average molecular weight is 297 g/mol. The lowest BCUT2D eigenvalue weighted by Crippen LogP contribution is -2.30. The van der Waals surface area contributed by atoms with Gasteiger partial charge in [-0.2, -0.15) is 0 Å². The van der Waals surface area contributed by atoms with E-state index in [9.17, 15) is 5.11 Å². The van der Waals surface area contributed by atoms with E-state index in [0.717, 1.165) is 25.2 Å². The summed E-state index contributed by atoms with van der Waals surface area (Å²) in [5.41, 5.74) is 1.04. The summed E-state index contributed by atoms with van der Waals surface area (Å²) < 4.78 is 15.6. The van der Waals surface area contributed by atoms with Crippen molar-refractivity contribution in [3.63, 3.8) is 0 Å². The molecule has 0 spiro atoms. The minimum absolute atomic E-state index is 0.0380. The Bertz CT molecular complexity index is 409. The van der Waals surface area contributed by atoms with Gasteiger partial charge < -0.3 is 19.3 Å². The second kappa shape index (κ2) is 8.74. The third-order valence-electron chi connectivity index (χ3n) is 3.18. The van der Waals surface area contributed by atoms with Crippen LogP contribution < -0.4 is 9.47 Å². The van der Waals surface area contributed by atoms with Crippen LogP contribution in [-0.4, -0.2) is 51.0 Å². The molecule has 0 radical (unpaired) electrons. The van der Waals surface area contributed by atoms with Gasteiger partial charge in [-0.15, -0.1) is 0 Å². The molecule has 0 aromatic heterocycles. The highest BCUT2D eigenvalue weighted by Crippen LogP contribution is 2.37. The second-order valence-corrected chi connectivity index (χ2v) is 5.47. The second-order valence-electron chi connectivity index (χ2n) is 5.47. The van der Waals surface area contributed by atoms with Crippen molar-refractivity contribution in [3.8, 4) is 17.2 Å². The molecule has 0 atom stereocenters. The van der Waals surface area contributed by atoms with E-state index >= 15 is 0 Å². The third kappa shape index (κ3) is 5.44. The summed E-state index contributed by atoms with van der Waals surface area (Å²) in [6.07, 6.45) is 0. The number of phenolic OH excluding ortho intramolecular Hbond substituents is 1. The van der Waals surface area contributed by atoms with E-state index in [1.165, 1.54) is 14.2 Å². The van der Waals surface area contributed by atoms with Crippen molar-refractivity contribution in [3.05, 3.63) is 17.7 Å². The van der Waals surface area contributed by atoms with Crippen LogP contribution in [0.25, 0.3) is 0 Å². The van der Waals surface area contributed by atoms with Gasteiger partial charge >= 0.3 is 0 Å². The topological polar surface area (TPSA) is 51.2 Å². The van der Waals surface area contributed by atoms with Gasteiger partial charge in [0.1, 0.15) is 0 Å². The first-order chi connectivity index (χ1) is 10.0. The van der Waals surface area contributed by atoms with Crippen LogP contribution in [0.4, 0.5) is 0 Å². The maximum absolute atomic E-state index is 9.95. The maximum Gasteiger partial charge on any atom is 0.200 e. The van der Waals surface area contributed by atoms with Gasteiger partial charge in [0.25, 0.3) is 0 Å². The molecular formula is C16H27NO4. The molecular weight excluding hydrogens is 270 g/mol. The standard InChI is InChI=1S/C16H27NO4/c1-12(2)10-17(6-7-19-3)11-13-8-14(20-4)16(18)15(9-13)21-5/h8-9,12,18H,6-7,10-11H2,1-5H3. The Morgan fingerprint density at radius 1 is 1.10 bits per heavy atom. The zero-order valence-corrected chi connectivity index (χ0v) is 13.7. The minimum Gasteiger partial charge on any atom is -0.502 e. The maximum atomic E-state index is 9.95. The Hall–Kier alpha value is -1.46. The predicted octanol–water partition coefficient (Wildman–Crippen LogP) is 2.51. The lowest BCUT2D eigenvalue weighted by Gasteiger charge is -2.24. The predicted molar refractivity (Wildman–Crippen MR) is 83.2 cm³/mol. The molecule has 0 aliphatic rings. The highest BCUT2D eigenvalue weighted by molar-refractivity contribution is 5.52. The first kappa shape index (κ1) is 17.6. The number of hydrogen-bond donors (Lipinski definition) is 1. The van der Waals surface area contributed by atoms with Gasteiger partial charge in [0.15, 0.2) is 11.5 Å². The van der Waals surface area contributed by atoms with Crippen molar-refractivity contribution >= 4 is 0 Å². The van der Waals surface area contributed by atoms with E-state index in [-0.39, 0.29) is 5.75 Å². The first-order valence-electron chi connectivity index (χ1n) is 7.17. The zero-order chi connectivity index (χ0) is 15.8. The Balaban J connectivity index is 2.91. The summed E-state index contributed by atoms with van der Waals surface area (Å²) in [7, 11) is 4.78. The van der Waals surface area contributed by atoms with Gasteiger partial charge in [0, 0.05) is 26.7 Å². The van der Waals surface area contributed by atoms with Crippen molar-refractivity contribution in [2.45, 2.75) is 20.4 Å². The number of methoxy groups -OCH3 is 3. The molecule has 1 rings (SSSR count). The first-order valence-corrected chi connectivity index (χ1v) is 7.17. The molecule has 0 heterocycles. The van der Waals surface area contributed by atoms with Crippen LogP contribution in [0.1, 0.15) is 19.4 Å². The lowest BCUT2D eigenvalue weighted by atomic mass is 10.1. The molecule has 5 heteroatoms.